The fourth-order valence-electron chi connectivity index (χ4n) is 5.17. The van der Waals surface area contributed by atoms with Crippen LogP contribution in [-0.2, 0) is 16.7 Å². The van der Waals surface area contributed by atoms with Gasteiger partial charge >= 0.3 is 0 Å². The van der Waals surface area contributed by atoms with E-state index in [0.29, 0.717) is 24.3 Å². The van der Waals surface area contributed by atoms with Gasteiger partial charge in [-0.25, -0.2) is 9.97 Å². The third kappa shape index (κ3) is 6.19. The quantitative estimate of drug-likeness (QED) is 0.662. The molecule has 0 bridgehead atoms. The molecule has 2 fully saturated rings. The first kappa shape index (κ1) is 25.6. The number of ether oxygens (including phenoxy) is 1. The van der Waals surface area contributed by atoms with Gasteiger partial charge in [-0.2, -0.15) is 0 Å². The Morgan fingerprint density at radius 2 is 1.69 bits per heavy atom. The maximum atomic E-state index is 13.3. The van der Waals surface area contributed by atoms with E-state index in [-0.39, 0.29) is 11.3 Å². The molecule has 0 radical (unpaired) electrons. The molecule has 2 aliphatic rings. The maximum absolute atomic E-state index is 13.3. The summed E-state index contributed by atoms with van der Waals surface area (Å²) in [6, 6.07) is 9.79. The number of hydrogen-bond acceptors (Lipinski definition) is 6. The average molecular weight is 480 g/mol. The first-order chi connectivity index (χ1) is 16.7. The van der Waals surface area contributed by atoms with Crippen LogP contribution >= 0.6 is 0 Å². The van der Waals surface area contributed by atoms with Crippen molar-refractivity contribution in [1.29, 1.82) is 0 Å². The number of rotatable bonds is 6. The summed E-state index contributed by atoms with van der Waals surface area (Å²) in [5, 5.41) is 3.41. The number of amides is 1. The first-order valence-electron chi connectivity index (χ1n) is 13.0. The van der Waals surface area contributed by atoms with E-state index < -0.39 is 0 Å². The molecule has 190 valence electrons. The van der Waals surface area contributed by atoms with Crippen LogP contribution in [0.25, 0.3) is 0 Å². The van der Waals surface area contributed by atoms with E-state index in [9.17, 15) is 4.79 Å². The number of likely N-dealkylation sites (tertiary alicyclic amines) is 1. The third-order valence-corrected chi connectivity index (χ3v) is 7.66. The van der Waals surface area contributed by atoms with Crippen LogP contribution in [0.2, 0.25) is 0 Å². The van der Waals surface area contributed by atoms with Crippen molar-refractivity contribution in [3.8, 4) is 0 Å². The van der Waals surface area contributed by atoms with Crippen molar-refractivity contribution in [2.75, 3.05) is 38.7 Å². The van der Waals surface area contributed by atoms with Gasteiger partial charge in [0.25, 0.3) is 5.91 Å². The largest absolute Gasteiger partial charge is 0.381 e. The van der Waals surface area contributed by atoms with Gasteiger partial charge < -0.3 is 19.9 Å². The molecule has 1 aromatic carbocycles. The average Bonchev–Trinajstić information content (AvgIpc) is 2.87. The fourth-order valence-corrected chi connectivity index (χ4v) is 5.17. The Labute approximate surface area is 210 Å². The molecule has 3 heterocycles. The highest BCUT2D eigenvalue weighted by Crippen LogP contribution is 2.25. The summed E-state index contributed by atoms with van der Waals surface area (Å²) in [6.07, 6.45) is 5.70. The van der Waals surface area contributed by atoms with Crippen molar-refractivity contribution in [2.45, 2.75) is 77.4 Å². The van der Waals surface area contributed by atoms with E-state index in [0.717, 1.165) is 63.4 Å². The third-order valence-electron chi connectivity index (χ3n) is 7.66. The molecular weight excluding hydrogens is 438 g/mol. The van der Waals surface area contributed by atoms with Crippen LogP contribution in [0.4, 0.5) is 5.82 Å². The van der Waals surface area contributed by atoms with Crippen LogP contribution in [-0.4, -0.2) is 71.1 Å². The predicted molar refractivity (Wildman–Crippen MR) is 140 cm³/mol. The van der Waals surface area contributed by atoms with Crippen molar-refractivity contribution < 1.29 is 9.53 Å². The van der Waals surface area contributed by atoms with Crippen LogP contribution in [0.15, 0.2) is 30.6 Å². The Kier molecular flexibility index (Phi) is 8.07. The summed E-state index contributed by atoms with van der Waals surface area (Å²) in [6.45, 7) is 12.5. The van der Waals surface area contributed by atoms with Crippen LogP contribution in [0.5, 0.6) is 0 Å². The second kappa shape index (κ2) is 11.0. The zero-order valence-corrected chi connectivity index (χ0v) is 22.0. The lowest BCUT2D eigenvalue weighted by Crippen LogP contribution is -2.49. The maximum Gasteiger partial charge on any atom is 0.272 e. The van der Waals surface area contributed by atoms with Gasteiger partial charge in [-0.3, -0.25) is 4.79 Å². The minimum Gasteiger partial charge on any atom is -0.381 e. The second-order valence-corrected chi connectivity index (χ2v) is 11.0. The van der Waals surface area contributed by atoms with Crippen LogP contribution in [0.3, 0.4) is 0 Å². The number of carbonyl (C=O) groups excluding carboxylic acids is 1. The highest BCUT2D eigenvalue weighted by molar-refractivity contribution is 5.94. The van der Waals surface area contributed by atoms with Crippen LogP contribution in [0.1, 0.15) is 73.6 Å². The zero-order valence-electron chi connectivity index (χ0n) is 22.0. The molecule has 2 aliphatic heterocycles. The van der Waals surface area contributed by atoms with Crippen molar-refractivity contribution >= 4 is 11.7 Å². The molecule has 0 spiro atoms. The molecule has 7 heteroatoms. The molecule has 1 N–H and O–H groups in total. The molecule has 1 amide bonds. The Morgan fingerprint density at radius 3 is 2.31 bits per heavy atom. The molecule has 35 heavy (non-hydrogen) atoms. The van der Waals surface area contributed by atoms with Crippen molar-refractivity contribution in [3.05, 3.63) is 53.0 Å². The molecule has 0 unspecified atom stereocenters. The van der Waals surface area contributed by atoms with E-state index >= 15 is 0 Å². The summed E-state index contributed by atoms with van der Waals surface area (Å²) in [4.78, 5) is 26.6. The lowest BCUT2D eigenvalue weighted by Gasteiger charge is -2.41. The van der Waals surface area contributed by atoms with Gasteiger partial charge in [0.2, 0.25) is 0 Å². The van der Waals surface area contributed by atoms with Gasteiger partial charge in [-0.1, -0.05) is 45.0 Å². The lowest BCUT2D eigenvalue weighted by molar-refractivity contribution is 0.0151. The number of hydrogen-bond donors (Lipinski definition) is 1. The molecule has 1 aromatic heterocycles. The molecule has 0 aliphatic carbocycles. The summed E-state index contributed by atoms with van der Waals surface area (Å²) < 4.78 is 5.52. The highest BCUT2D eigenvalue weighted by Gasteiger charge is 2.31. The number of carbonyl (C=O) groups is 1. The molecule has 0 atom stereocenters. The SMILES string of the molecule is Cc1c(NCc2ccc(C(C)(C)C)cc2)ncnc1C(=O)N1CCC(N(C)C2CCOCC2)CC1. The minimum atomic E-state index is 0.00893. The predicted octanol–water partition coefficient (Wildman–Crippen LogP) is 4.41. The van der Waals surface area contributed by atoms with E-state index in [1.54, 1.807) is 0 Å². The van der Waals surface area contributed by atoms with Crippen molar-refractivity contribution in [3.63, 3.8) is 0 Å². The number of anilines is 1. The Morgan fingerprint density at radius 1 is 1.06 bits per heavy atom. The van der Waals surface area contributed by atoms with E-state index in [1.807, 2.05) is 11.8 Å². The van der Waals surface area contributed by atoms with Gasteiger partial charge in [0.15, 0.2) is 0 Å². The topological polar surface area (TPSA) is 70.6 Å². The van der Waals surface area contributed by atoms with E-state index in [1.165, 1.54) is 17.5 Å². The number of aromatic nitrogens is 2. The van der Waals surface area contributed by atoms with Gasteiger partial charge in [-0.05, 0) is 56.2 Å². The monoisotopic (exact) mass is 479 g/mol. The summed E-state index contributed by atoms with van der Waals surface area (Å²) >= 11 is 0. The van der Waals surface area contributed by atoms with Crippen molar-refractivity contribution in [2.24, 2.45) is 0 Å². The van der Waals surface area contributed by atoms with Crippen molar-refractivity contribution in [1.82, 2.24) is 19.8 Å². The molecule has 7 nitrogen and oxygen atoms in total. The lowest BCUT2D eigenvalue weighted by atomic mass is 9.87. The standard InChI is InChI=1S/C28H41N5O2/c1-20-25(27(34)33-14-10-23(11-15-33)32(5)24-12-16-35-17-13-24)30-19-31-26(20)29-18-21-6-8-22(9-7-21)28(2,3)4/h6-9,19,23-24H,10-18H2,1-5H3,(H,29,30,31). The van der Waals surface area contributed by atoms with E-state index in [4.69, 9.17) is 4.74 Å². The van der Waals surface area contributed by atoms with Gasteiger partial charge in [0.1, 0.15) is 17.8 Å². The second-order valence-electron chi connectivity index (χ2n) is 11.0. The Bertz CT molecular complexity index is 987. The summed E-state index contributed by atoms with van der Waals surface area (Å²) in [7, 11) is 2.24. The van der Waals surface area contributed by atoms with Gasteiger partial charge in [-0.15, -0.1) is 0 Å². The normalized spacial score (nSPS) is 18.2. The minimum absolute atomic E-state index is 0.00893. The van der Waals surface area contributed by atoms with Gasteiger partial charge in [0.05, 0.1) is 0 Å². The number of nitrogens with one attached hydrogen (secondary N) is 1. The van der Waals surface area contributed by atoms with Crippen LogP contribution < -0.4 is 5.32 Å². The Hall–Kier alpha value is -2.51. The molecule has 2 saturated heterocycles. The molecule has 2 aromatic rings. The van der Waals surface area contributed by atoms with Gasteiger partial charge in [0, 0.05) is 50.5 Å². The van der Waals surface area contributed by atoms with E-state index in [2.05, 4.69) is 72.3 Å². The Balaban J connectivity index is 1.34. The number of nitrogens with zero attached hydrogens (tertiary/aromatic N) is 4. The van der Waals surface area contributed by atoms with Crippen LogP contribution in [0, 0.1) is 6.92 Å². The molecular formula is C28H41N5O2. The molecule has 0 saturated carbocycles. The molecule has 4 rings (SSSR count). The zero-order chi connectivity index (χ0) is 25.0. The number of piperidine rings is 1. The fraction of sp³-hybridized carbons (Fsp3) is 0.607. The summed E-state index contributed by atoms with van der Waals surface area (Å²) in [5.74, 6) is 0.729. The first-order valence-corrected chi connectivity index (χ1v) is 13.0. The smallest absolute Gasteiger partial charge is 0.272 e. The number of benzene rings is 1. The summed E-state index contributed by atoms with van der Waals surface area (Å²) in [5.41, 5.74) is 3.95. The highest BCUT2D eigenvalue weighted by atomic mass is 16.5.